The number of anilines is 2. The number of hydrogen-bond acceptors (Lipinski definition) is 2. The summed E-state index contributed by atoms with van der Waals surface area (Å²) in [6.45, 7) is 21.1. The molecule has 0 saturated heterocycles. The molecule has 152 valence electrons. The van der Waals surface area contributed by atoms with Crippen LogP contribution >= 0.6 is 0 Å². The molecule has 0 atom stereocenters. The summed E-state index contributed by atoms with van der Waals surface area (Å²) in [5, 5.41) is 0. The zero-order valence-corrected chi connectivity index (χ0v) is 21.1. The van der Waals surface area contributed by atoms with Crippen molar-refractivity contribution in [1.29, 1.82) is 0 Å². The second kappa shape index (κ2) is 9.14. The van der Waals surface area contributed by atoms with Crippen LogP contribution in [0.5, 0.6) is 0 Å². The Kier molecular flexibility index (Phi) is 7.35. The van der Waals surface area contributed by atoms with Crippen molar-refractivity contribution in [3.63, 3.8) is 0 Å². The van der Waals surface area contributed by atoms with Crippen molar-refractivity contribution in [1.82, 2.24) is 0 Å². The van der Waals surface area contributed by atoms with Gasteiger partial charge in [-0.05, 0) is 37.1 Å². The molecule has 0 radical (unpaired) electrons. The Morgan fingerprint density at radius 3 is 1.21 bits per heavy atom. The molecule has 0 saturated carbocycles. The van der Waals surface area contributed by atoms with Crippen LogP contribution in [0.15, 0.2) is 48.5 Å². The fraction of sp³-hybridized carbons (Fsp3) is 0.417. The summed E-state index contributed by atoms with van der Waals surface area (Å²) in [7, 11) is -2.86. The van der Waals surface area contributed by atoms with E-state index in [9.17, 15) is 0 Å². The highest BCUT2D eigenvalue weighted by Gasteiger charge is 2.25. The molecule has 2 nitrogen and oxygen atoms in total. The van der Waals surface area contributed by atoms with Crippen molar-refractivity contribution >= 4 is 40.0 Å². The number of rotatable bonds is 8. The highest BCUT2D eigenvalue weighted by molar-refractivity contribution is 6.80. The van der Waals surface area contributed by atoms with E-state index < -0.39 is 16.5 Å². The second-order valence-electron chi connectivity index (χ2n) is 9.28. The zero-order chi connectivity index (χ0) is 20.9. The molecule has 0 unspecified atom stereocenters. The SMILES string of the molecule is CCN(c1ccccc1C=Cc1ccccc1N(CC)[Si](C)(C)C)[Si](C)(C)C. The fourth-order valence-electron chi connectivity index (χ4n) is 3.94. The molecule has 0 spiro atoms. The molecule has 28 heavy (non-hydrogen) atoms. The van der Waals surface area contributed by atoms with Crippen LogP contribution in [0.3, 0.4) is 0 Å². The molecule has 2 rings (SSSR count). The number of hydrogen-bond donors (Lipinski definition) is 0. The third-order valence-corrected chi connectivity index (χ3v) is 9.50. The van der Waals surface area contributed by atoms with Crippen LogP contribution in [-0.2, 0) is 0 Å². The van der Waals surface area contributed by atoms with Crippen molar-refractivity contribution in [2.45, 2.75) is 53.1 Å². The average Bonchev–Trinajstić information content (AvgIpc) is 2.60. The second-order valence-corrected chi connectivity index (χ2v) is 19.0. The molecule has 0 amide bonds. The summed E-state index contributed by atoms with van der Waals surface area (Å²) < 4.78 is 5.22. The van der Waals surface area contributed by atoms with Gasteiger partial charge in [0, 0.05) is 24.5 Å². The average molecular weight is 411 g/mol. The molecule has 2 aromatic carbocycles. The van der Waals surface area contributed by atoms with E-state index in [1.807, 2.05) is 0 Å². The Labute approximate surface area is 175 Å². The van der Waals surface area contributed by atoms with Crippen molar-refractivity contribution in [2.24, 2.45) is 0 Å². The molecular weight excluding hydrogens is 372 g/mol. The first-order valence-corrected chi connectivity index (χ1v) is 17.4. The molecule has 0 aliphatic rings. The smallest absolute Gasteiger partial charge is 0.147 e. The molecule has 0 N–H and O–H groups in total. The molecule has 0 heterocycles. The molecule has 4 heteroatoms. The molecule has 2 aromatic rings. The summed E-state index contributed by atoms with van der Waals surface area (Å²) in [5.74, 6) is 0. The zero-order valence-electron chi connectivity index (χ0n) is 19.1. The maximum absolute atomic E-state index is 2.61. The van der Waals surface area contributed by atoms with Crippen LogP contribution in [0, 0.1) is 0 Å². The molecule has 0 fully saturated rings. The normalized spacial score (nSPS) is 12.4. The third-order valence-electron chi connectivity index (χ3n) is 5.15. The minimum absolute atomic E-state index is 1.05. The molecular formula is C24H38N2Si2. The number of nitrogens with zero attached hydrogens (tertiary/aromatic N) is 2. The van der Waals surface area contributed by atoms with Crippen molar-refractivity contribution in [3.05, 3.63) is 59.7 Å². The summed E-state index contributed by atoms with van der Waals surface area (Å²) in [4.78, 5) is 0. The van der Waals surface area contributed by atoms with Crippen LogP contribution in [0.2, 0.25) is 39.3 Å². The maximum atomic E-state index is 2.61. The Hall–Kier alpha value is -1.79. The highest BCUT2D eigenvalue weighted by atomic mass is 28.3. The first-order valence-electron chi connectivity index (χ1n) is 10.5. The summed E-state index contributed by atoms with van der Waals surface area (Å²) >= 11 is 0. The van der Waals surface area contributed by atoms with Crippen LogP contribution in [-0.4, -0.2) is 29.6 Å². The van der Waals surface area contributed by atoms with Gasteiger partial charge in [0.1, 0.15) is 16.5 Å². The monoisotopic (exact) mass is 410 g/mol. The topological polar surface area (TPSA) is 6.48 Å². The van der Waals surface area contributed by atoms with E-state index in [-0.39, 0.29) is 0 Å². The van der Waals surface area contributed by atoms with E-state index in [0.717, 1.165) is 13.1 Å². The van der Waals surface area contributed by atoms with Crippen LogP contribution in [0.25, 0.3) is 12.2 Å². The lowest BCUT2D eigenvalue weighted by Crippen LogP contribution is -2.46. The quantitative estimate of drug-likeness (QED) is 0.336. The van der Waals surface area contributed by atoms with E-state index in [0.29, 0.717) is 0 Å². The lowest BCUT2D eigenvalue weighted by molar-refractivity contribution is 1.05. The summed E-state index contributed by atoms with van der Waals surface area (Å²) in [6.07, 6.45) is 4.60. The Balaban J connectivity index is 2.47. The van der Waals surface area contributed by atoms with Gasteiger partial charge in [0.15, 0.2) is 0 Å². The standard InChI is InChI=1S/C24H38N2Si2/c1-9-25(27(3,4)5)23-17-13-11-15-21(23)19-20-22-16-12-14-18-24(22)26(10-2)28(6,7)8/h11-20H,9-10H2,1-8H3. The Morgan fingerprint density at radius 1 is 0.607 bits per heavy atom. The predicted molar refractivity (Wildman–Crippen MR) is 135 cm³/mol. The van der Waals surface area contributed by atoms with Gasteiger partial charge < -0.3 is 9.13 Å². The van der Waals surface area contributed by atoms with Gasteiger partial charge in [-0.3, -0.25) is 0 Å². The van der Waals surface area contributed by atoms with E-state index in [2.05, 4.69) is 123 Å². The van der Waals surface area contributed by atoms with Gasteiger partial charge in [-0.25, -0.2) is 0 Å². The van der Waals surface area contributed by atoms with Gasteiger partial charge in [0.25, 0.3) is 0 Å². The van der Waals surface area contributed by atoms with Gasteiger partial charge in [-0.2, -0.15) is 0 Å². The van der Waals surface area contributed by atoms with Crippen molar-refractivity contribution < 1.29 is 0 Å². The van der Waals surface area contributed by atoms with E-state index >= 15 is 0 Å². The van der Waals surface area contributed by atoms with Gasteiger partial charge in [0.2, 0.25) is 0 Å². The minimum Gasteiger partial charge on any atom is -0.398 e. The van der Waals surface area contributed by atoms with Crippen LogP contribution < -0.4 is 9.13 Å². The van der Waals surface area contributed by atoms with E-state index in [1.54, 1.807) is 0 Å². The van der Waals surface area contributed by atoms with Gasteiger partial charge in [-0.1, -0.05) is 87.8 Å². The Morgan fingerprint density at radius 2 is 0.929 bits per heavy atom. The fourth-order valence-corrected chi connectivity index (χ4v) is 7.69. The highest BCUT2D eigenvalue weighted by Crippen LogP contribution is 2.30. The molecule has 0 bridgehead atoms. The van der Waals surface area contributed by atoms with Crippen LogP contribution in [0.4, 0.5) is 11.4 Å². The predicted octanol–water partition coefficient (Wildman–Crippen LogP) is 7.18. The van der Waals surface area contributed by atoms with Crippen molar-refractivity contribution in [2.75, 3.05) is 22.2 Å². The van der Waals surface area contributed by atoms with Gasteiger partial charge >= 0.3 is 0 Å². The lowest BCUT2D eigenvalue weighted by atomic mass is 10.1. The van der Waals surface area contributed by atoms with Crippen LogP contribution in [0.1, 0.15) is 25.0 Å². The first kappa shape index (κ1) is 22.5. The number of benzene rings is 2. The lowest BCUT2D eigenvalue weighted by Gasteiger charge is -2.37. The molecule has 0 aliphatic heterocycles. The summed E-state index contributed by atoms with van der Waals surface area (Å²) in [6, 6.07) is 17.6. The number of para-hydroxylation sites is 2. The van der Waals surface area contributed by atoms with Gasteiger partial charge in [-0.15, -0.1) is 0 Å². The molecule has 0 aromatic heterocycles. The minimum atomic E-state index is -1.43. The molecule has 0 aliphatic carbocycles. The third kappa shape index (κ3) is 5.39. The maximum Gasteiger partial charge on any atom is 0.147 e. The summed E-state index contributed by atoms with van der Waals surface area (Å²) in [5.41, 5.74) is 5.32. The first-order chi connectivity index (χ1) is 13.1. The van der Waals surface area contributed by atoms with E-state index in [1.165, 1.54) is 22.5 Å². The van der Waals surface area contributed by atoms with E-state index in [4.69, 9.17) is 0 Å². The van der Waals surface area contributed by atoms with Crippen molar-refractivity contribution in [3.8, 4) is 0 Å². The van der Waals surface area contributed by atoms with Gasteiger partial charge in [0.05, 0.1) is 0 Å². The largest absolute Gasteiger partial charge is 0.398 e. The Bertz CT molecular complexity index is 733.